The molecule has 116 valence electrons. The summed E-state index contributed by atoms with van der Waals surface area (Å²) in [6.07, 6.45) is 11.5. The van der Waals surface area contributed by atoms with Crippen molar-refractivity contribution >= 4 is 5.91 Å². The van der Waals surface area contributed by atoms with Crippen LogP contribution >= 0.6 is 0 Å². The van der Waals surface area contributed by atoms with Gasteiger partial charge in [0.15, 0.2) is 0 Å². The molecule has 0 saturated heterocycles. The van der Waals surface area contributed by atoms with Gasteiger partial charge in [0.25, 0.3) is 0 Å². The number of rotatable bonds is 6. The molecule has 0 aromatic carbocycles. The zero-order valence-corrected chi connectivity index (χ0v) is 13.0. The van der Waals surface area contributed by atoms with Crippen molar-refractivity contribution in [3.8, 4) is 0 Å². The minimum atomic E-state index is -0.142. The van der Waals surface area contributed by atoms with E-state index >= 15 is 0 Å². The predicted octanol–water partition coefficient (Wildman–Crippen LogP) is 2.61. The van der Waals surface area contributed by atoms with Crippen LogP contribution in [-0.4, -0.2) is 30.0 Å². The maximum Gasteiger partial charge on any atom is 0.227 e. The summed E-state index contributed by atoms with van der Waals surface area (Å²) in [4.78, 5) is 16.1. The summed E-state index contributed by atoms with van der Waals surface area (Å²) in [5.41, 5.74) is 0.965. The van der Waals surface area contributed by atoms with Gasteiger partial charge >= 0.3 is 0 Å². The van der Waals surface area contributed by atoms with Gasteiger partial charge in [0, 0.05) is 31.5 Å². The Morgan fingerprint density at radius 1 is 1.29 bits per heavy atom. The molecule has 1 heterocycles. The Kier molecular flexibility index (Phi) is 6.67. The monoisotopic (exact) mass is 289 g/mol. The van der Waals surface area contributed by atoms with Crippen LogP contribution in [0.15, 0.2) is 24.5 Å². The molecule has 4 nitrogen and oxygen atoms in total. The van der Waals surface area contributed by atoms with Gasteiger partial charge in [0.05, 0.1) is 5.92 Å². The van der Waals surface area contributed by atoms with E-state index in [9.17, 15) is 4.79 Å². The maximum atomic E-state index is 12.1. The molecule has 0 aliphatic heterocycles. The minimum absolute atomic E-state index is 0.0747. The van der Waals surface area contributed by atoms with Crippen molar-refractivity contribution in [2.24, 2.45) is 0 Å². The molecule has 1 unspecified atom stereocenters. The Balaban J connectivity index is 1.65. The second kappa shape index (κ2) is 8.78. The number of amides is 1. The molecule has 21 heavy (non-hydrogen) atoms. The average molecular weight is 289 g/mol. The molecule has 2 N–H and O–H groups in total. The zero-order valence-electron chi connectivity index (χ0n) is 13.0. The highest BCUT2D eigenvalue weighted by atomic mass is 16.1. The van der Waals surface area contributed by atoms with Crippen molar-refractivity contribution in [3.63, 3.8) is 0 Å². The van der Waals surface area contributed by atoms with Gasteiger partial charge in [-0.2, -0.15) is 0 Å². The number of aromatic nitrogens is 1. The fourth-order valence-electron chi connectivity index (χ4n) is 2.88. The number of nitrogens with one attached hydrogen (secondary N) is 2. The third kappa shape index (κ3) is 5.46. The molecule has 1 fully saturated rings. The second-order valence-electron chi connectivity index (χ2n) is 5.94. The fourth-order valence-corrected chi connectivity index (χ4v) is 2.88. The highest BCUT2D eigenvalue weighted by Crippen LogP contribution is 2.17. The first-order valence-electron chi connectivity index (χ1n) is 8.18. The summed E-state index contributed by atoms with van der Waals surface area (Å²) in [5, 5.41) is 6.58. The van der Waals surface area contributed by atoms with Crippen LogP contribution in [0.1, 0.15) is 56.9 Å². The molecule has 1 aliphatic carbocycles. The largest absolute Gasteiger partial charge is 0.354 e. The number of carbonyl (C=O) groups excluding carboxylic acids is 1. The lowest BCUT2D eigenvalue weighted by atomic mass is 10.0. The lowest BCUT2D eigenvalue weighted by Gasteiger charge is -2.17. The maximum absolute atomic E-state index is 12.1. The summed E-state index contributed by atoms with van der Waals surface area (Å²) >= 11 is 0. The summed E-state index contributed by atoms with van der Waals surface area (Å²) in [6, 6.07) is 4.45. The number of hydrogen-bond donors (Lipinski definition) is 2. The van der Waals surface area contributed by atoms with Crippen molar-refractivity contribution in [1.29, 1.82) is 0 Å². The first-order valence-corrected chi connectivity index (χ1v) is 8.18. The Bertz CT molecular complexity index is 413. The zero-order chi connectivity index (χ0) is 14.9. The van der Waals surface area contributed by atoms with Crippen molar-refractivity contribution in [1.82, 2.24) is 15.6 Å². The van der Waals surface area contributed by atoms with Crippen LogP contribution in [0.4, 0.5) is 0 Å². The summed E-state index contributed by atoms with van der Waals surface area (Å²) < 4.78 is 0. The van der Waals surface area contributed by atoms with Gasteiger partial charge in [-0.3, -0.25) is 9.78 Å². The van der Waals surface area contributed by atoms with Crippen molar-refractivity contribution in [2.75, 3.05) is 13.1 Å². The summed E-state index contributed by atoms with van der Waals surface area (Å²) in [5.74, 6) is -0.0674. The van der Waals surface area contributed by atoms with Crippen molar-refractivity contribution < 1.29 is 4.79 Å². The van der Waals surface area contributed by atoms with Crippen LogP contribution in [0.3, 0.4) is 0 Å². The topological polar surface area (TPSA) is 54.0 Å². The van der Waals surface area contributed by atoms with E-state index in [0.717, 1.165) is 12.1 Å². The molecule has 4 heteroatoms. The van der Waals surface area contributed by atoms with E-state index in [1.807, 2.05) is 19.1 Å². The number of nitrogens with zero attached hydrogens (tertiary/aromatic N) is 1. The van der Waals surface area contributed by atoms with Crippen LogP contribution in [0, 0.1) is 0 Å². The molecule has 0 radical (unpaired) electrons. The van der Waals surface area contributed by atoms with Gasteiger partial charge in [-0.25, -0.2) is 0 Å². The fraction of sp³-hybridized carbons (Fsp3) is 0.647. The van der Waals surface area contributed by atoms with E-state index in [-0.39, 0.29) is 11.8 Å². The Morgan fingerprint density at radius 3 is 2.71 bits per heavy atom. The van der Waals surface area contributed by atoms with E-state index in [1.54, 1.807) is 12.4 Å². The highest BCUT2D eigenvalue weighted by Gasteiger charge is 2.15. The quantitative estimate of drug-likeness (QED) is 0.625. The van der Waals surface area contributed by atoms with E-state index < -0.39 is 0 Å². The van der Waals surface area contributed by atoms with Gasteiger partial charge in [-0.05, 0) is 31.4 Å². The van der Waals surface area contributed by atoms with E-state index in [1.165, 1.54) is 38.5 Å². The van der Waals surface area contributed by atoms with E-state index in [0.29, 0.717) is 12.6 Å². The third-order valence-electron chi connectivity index (χ3n) is 4.29. The summed E-state index contributed by atoms with van der Waals surface area (Å²) in [7, 11) is 0. The van der Waals surface area contributed by atoms with E-state index in [4.69, 9.17) is 0 Å². The first-order chi connectivity index (χ1) is 10.3. The van der Waals surface area contributed by atoms with Gasteiger partial charge in [-0.1, -0.05) is 31.7 Å². The Labute approximate surface area is 127 Å². The SMILES string of the molecule is CC(C(=O)NCCNC1CCCCCC1)c1cccnc1. The van der Waals surface area contributed by atoms with Crippen LogP contribution < -0.4 is 10.6 Å². The predicted molar refractivity (Wildman–Crippen MR) is 85.2 cm³/mol. The van der Waals surface area contributed by atoms with Crippen molar-refractivity contribution in [3.05, 3.63) is 30.1 Å². The molecule has 1 saturated carbocycles. The molecular formula is C17H27N3O. The molecule has 2 rings (SSSR count). The van der Waals surface area contributed by atoms with Crippen LogP contribution in [0.2, 0.25) is 0 Å². The average Bonchev–Trinajstić information content (AvgIpc) is 2.80. The van der Waals surface area contributed by atoms with Gasteiger partial charge in [-0.15, -0.1) is 0 Å². The normalized spacial score (nSPS) is 18.0. The van der Waals surface area contributed by atoms with Crippen molar-refractivity contribution in [2.45, 2.75) is 57.4 Å². The Hall–Kier alpha value is -1.42. The molecule has 1 aromatic rings. The number of hydrogen-bond acceptors (Lipinski definition) is 3. The molecule has 1 atom stereocenters. The minimum Gasteiger partial charge on any atom is -0.354 e. The van der Waals surface area contributed by atoms with Gasteiger partial charge < -0.3 is 10.6 Å². The second-order valence-corrected chi connectivity index (χ2v) is 5.94. The highest BCUT2D eigenvalue weighted by molar-refractivity contribution is 5.83. The molecule has 1 aliphatic rings. The van der Waals surface area contributed by atoms with Crippen LogP contribution in [0.5, 0.6) is 0 Å². The first kappa shape index (κ1) is 16.0. The number of carbonyl (C=O) groups is 1. The molecule has 0 bridgehead atoms. The van der Waals surface area contributed by atoms with E-state index in [2.05, 4.69) is 15.6 Å². The molecule has 1 amide bonds. The van der Waals surface area contributed by atoms with Gasteiger partial charge in [0.2, 0.25) is 5.91 Å². The smallest absolute Gasteiger partial charge is 0.227 e. The molecule has 1 aromatic heterocycles. The van der Waals surface area contributed by atoms with Crippen LogP contribution in [0.25, 0.3) is 0 Å². The number of pyridine rings is 1. The standard InChI is InChI=1S/C17H27N3O/c1-14(15-7-6-10-18-13-15)17(21)20-12-11-19-16-8-4-2-3-5-9-16/h6-7,10,13-14,16,19H,2-5,8-9,11-12H2,1H3,(H,20,21). The third-order valence-corrected chi connectivity index (χ3v) is 4.29. The lowest BCUT2D eigenvalue weighted by molar-refractivity contribution is -0.122. The van der Waals surface area contributed by atoms with Crippen LogP contribution in [-0.2, 0) is 4.79 Å². The molecule has 0 spiro atoms. The lowest BCUT2D eigenvalue weighted by Crippen LogP contribution is -2.38. The van der Waals surface area contributed by atoms with Gasteiger partial charge in [0.1, 0.15) is 0 Å². The summed E-state index contributed by atoms with van der Waals surface area (Å²) in [6.45, 7) is 3.47. The molecular weight excluding hydrogens is 262 g/mol. The Morgan fingerprint density at radius 2 is 2.05 bits per heavy atom.